The molecule has 0 bridgehead atoms. The lowest BCUT2D eigenvalue weighted by molar-refractivity contribution is -0.123. The van der Waals surface area contributed by atoms with Crippen LogP contribution >= 0.6 is 11.6 Å². The molecule has 8 heteroatoms. The first kappa shape index (κ1) is 25.1. The maximum atomic E-state index is 13.9. The van der Waals surface area contributed by atoms with Gasteiger partial charge in [0.05, 0.1) is 12.0 Å². The number of carbonyl (C=O) groups excluding carboxylic acids is 2. The minimum atomic E-state index is -0.141. The van der Waals surface area contributed by atoms with Crippen LogP contribution in [0.4, 0.5) is 0 Å². The molecule has 0 radical (unpaired) electrons. The molecule has 2 aromatic carbocycles. The predicted octanol–water partition coefficient (Wildman–Crippen LogP) is 4.11. The van der Waals surface area contributed by atoms with Gasteiger partial charge in [-0.05, 0) is 35.6 Å². The smallest absolute Gasteiger partial charge is 0.259 e. The maximum Gasteiger partial charge on any atom is 0.259 e. The molecule has 7 nitrogen and oxygen atoms in total. The molecule has 0 saturated heterocycles. The van der Waals surface area contributed by atoms with Crippen LogP contribution in [0.15, 0.2) is 71.8 Å². The number of hydrogen-bond acceptors (Lipinski definition) is 5. The monoisotopic (exact) mass is 516 g/mol. The molecule has 37 heavy (non-hydrogen) atoms. The van der Waals surface area contributed by atoms with E-state index in [-0.39, 0.29) is 30.1 Å². The third kappa shape index (κ3) is 5.73. The number of hydrogen-bond donors (Lipinski definition) is 0. The van der Waals surface area contributed by atoms with E-state index in [1.807, 2.05) is 65.2 Å². The van der Waals surface area contributed by atoms with Gasteiger partial charge in [0.25, 0.3) is 5.56 Å². The summed E-state index contributed by atoms with van der Waals surface area (Å²) in [7, 11) is 0. The molecule has 1 aliphatic rings. The fourth-order valence-electron chi connectivity index (χ4n) is 5.32. The zero-order valence-electron chi connectivity index (χ0n) is 20.6. The van der Waals surface area contributed by atoms with Crippen LogP contribution in [0.5, 0.6) is 0 Å². The van der Waals surface area contributed by atoms with Crippen LogP contribution in [-0.2, 0) is 42.1 Å². The van der Waals surface area contributed by atoms with Gasteiger partial charge in [-0.15, -0.1) is 0 Å². The fourth-order valence-corrected chi connectivity index (χ4v) is 5.54. The van der Waals surface area contributed by atoms with Crippen molar-refractivity contribution < 1.29 is 9.59 Å². The summed E-state index contributed by atoms with van der Waals surface area (Å²) in [6, 6.07) is 17.7. The van der Waals surface area contributed by atoms with Crippen molar-refractivity contribution in [1.29, 1.82) is 0 Å². The number of halogens is 1. The molecule has 1 unspecified atom stereocenters. The number of ketones is 1. The third-order valence-corrected chi connectivity index (χ3v) is 7.22. The summed E-state index contributed by atoms with van der Waals surface area (Å²) in [5.41, 5.74) is 3.88. The van der Waals surface area contributed by atoms with E-state index in [0.29, 0.717) is 43.1 Å². The molecule has 1 aliphatic heterocycles. The number of Topliss-reactive ketones (excluding diaryl/α,β-unsaturated/α-hetero) is 1. The van der Waals surface area contributed by atoms with Crippen LogP contribution in [0.25, 0.3) is 5.78 Å². The zero-order valence-corrected chi connectivity index (χ0v) is 21.3. The molecule has 190 valence electrons. The second kappa shape index (κ2) is 11.2. The van der Waals surface area contributed by atoms with Crippen molar-refractivity contribution in [2.75, 3.05) is 6.54 Å². The third-order valence-electron chi connectivity index (χ3n) is 6.98. The van der Waals surface area contributed by atoms with Crippen LogP contribution in [0.1, 0.15) is 35.2 Å². The van der Waals surface area contributed by atoms with Gasteiger partial charge in [0.2, 0.25) is 5.78 Å². The predicted molar refractivity (Wildman–Crippen MR) is 143 cm³/mol. The van der Waals surface area contributed by atoms with Gasteiger partial charge in [-0.25, -0.2) is 4.98 Å². The lowest BCUT2D eigenvalue weighted by atomic mass is 9.93. The summed E-state index contributed by atoms with van der Waals surface area (Å²) in [6.45, 7) is 2.41. The molecule has 0 amide bonds. The Balaban J connectivity index is 1.47. The normalized spacial score (nSPS) is 14.4. The topological polar surface area (TPSA) is 76.7 Å². The van der Waals surface area contributed by atoms with Gasteiger partial charge in [-0.1, -0.05) is 54.1 Å². The molecule has 1 atom stereocenters. The van der Waals surface area contributed by atoms with E-state index in [2.05, 4.69) is 9.88 Å². The molecule has 5 rings (SSSR count). The summed E-state index contributed by atoms with van der Waals surface area (Å²) in [6.07, 6.45) is 5.75. The molecule has 0 fully saturated rings. The Kier molecular flexibility index (Phi) is 7.63. The SMILES string of the molecule is O=CCC(=O)CC(Cc1ccccc1)Cn1c(=O)c2c(n3ccnc13)CCN(Cc1cccc(Cl)c1)C2. The highest BCUT2D eigenvalue weighted by atomic mass is 35.5. The Labute approximate surface area is 220 Å². The summed E-state index contributed by atoms with van der Waals surface area (Å²) in [5, 5.41) is 0.700. The second-order valence-corrected chi connectivity index (χ2v) is 10.1. The maximum absolute atomic E-state index is 13.9. The van der Waals surface area contributed by atoms with Crippen LogP contribution < -0.4 is 5.56 Å². The van der Waals surface area contributed by atoms with Crippen molar-refractivity contribution >= 4 is 29.4 Å². The molecule has 4 aromatic rings. The molecule has 0 N–H and O–H groups in total. The van der Waals surface area contributed by atoms with Gasteiger partial charge >= 0.3 is 0 Å². The number of fused-ring (bicyclic) bond motifs is 3. The molecular formula is C29H29ClN4O3. The van der Waals surface area contributed by atoms with Crippen LogP contribution in [-0.4, -0.2) is 37.5 Å². The first-order valence-electron chi connectivity index (χ1n) is 12.6. The Hall–Kier alpha value is -3.55. The summed E-state index contributed by atoms with van der Waals surface area (Å²) >= 11 is 6.18. The number of aldehydes is 1. The Morgan fingerprint density at radius 2 is 1.92 bits per heavy atom. The van der Waals surface area contributed by atoms with Gasteiger partial charge in [0.15, 0.2) is 0 Å². The van der Waals surface area contributed by atoms with Crippen LogP contribution in [0.3, 0.4) is 0 Å². The van der Waals surface area contributed by atoms with Crippen molar-refractivity contribution in [1.82, 2.24) is 18.9 Å². The Morgan fingerprint density at radius 3 is 2.70 bits per heavy atom. The van der Waals surface area contributed by atoms with Gasteiger partial charge in [0.1, 0.15) is 12.1 Å². The standard InChI is InChI=1S/C29H29ClN4O3/c30-24-8-4-7-22(16-24)18-32-12-9-27-26(20-32)28(37)34(29-31-11-13-33(27)29)19-23(17-25(36)10-14-35)15-21-5-2-1-3-6-21/h1-8,11,13-14,16,23H,9-10,12,15,17-20H2. The number of carbonyl (C=O) groups is 2. The molecule has 3 heterocycles. The van der Waals surface area contributed by atoms with E-state index in [1.165, 1.54) is 0 Å². The number of imidazole rings is 1. The molecular weight excluding hydrogens is 488 g/mol. The fraction of sp³-hybridized carbons (Fsp3) is 0.310. The van der Waals surface area contributed by atoms with E-state index in [9.17, 15) is 14.4 Å². The minimum Gasteiger partial charge on any atom is -0.303 e. The lowest BCUT2D eigenvalue weighted by Crippen LogP contribution is -2.39. The first-order valence-corrected chi connectivity index (χ1v) is 12.9. The number of rotatable bonds is 10. The largest absolute Gasteiger partial charge is 0.303 e. The number of aromatic nitrogens is 3. The summed E-state index contributed by atoms with van der Waals surface area (Å²) in [5.74, 6) is 0.333. The van der Waals surface area contributed by atoms with E-state index in [0.717, 1.165) is 35.3 Å². The highest BCUT2D eigenvalue weighted by molar-refractivity contribution is 6.30. The van der Waals surface area contributed by atoms with Gasteiger partial charge in [-0.2, -0.15) is 0 Å². The molecule has 2 aromatic heterocycles. The number of benzene rings is 2. The molecule has 0 aliphatic carbocycles. The van der Waals surface area contributed by atoms with E-state index < -0.39 is 0 Å². The highest BCUT2D eigenvalue weighted by Crippen LogP contribution is 2.22. The first-order chi connectivity index (χ1) is 18.0. The van der Waals surface area contributed by atoms with Crippen molar-refractivity contribution in [2.24, 2.45) is 5.92 Å². The van der Waals surface area contributed by atoms with Gasteiger partial charge in [-0.3, -0.25) is 23.5 Å². The summed E-state index contributed by atoms with van der Waals surface area (Å²) in [4.78, 5) is 44.1. The Bertz CT molecular complexity index is 1480. The zero-order chi connectivity index (χ0) is 25.8. The van der Waals surface area contributed by atoms with Crippen molar-refractivity contribution in [2.45, 2.75) is 45.3 Å². The van der Waals surface area contributed by atoms with Crippen molar-refractivity contribution in [3.8, 4) is 0 Å². The quantitative estimate of drug-likeness (QED) is 0.234. The Morgan fingerprint density at radius 1 is 1.11 bits per heavy atom. The molecule has 0 saturated carbocycles. The average molecular weight is 517 g/mol. The lowest BCUT2D eigenvalue weighted by Gasteiger charge is -2.30. The van der Waals surface area contributed by atoms with Gasteiger partial charge in [0, 0.05) is 62.1 Å². The van der Waals surface area contributed by atoms with E-state index >= 15 is 0 Å². The van der Waals surface area contributed by atoms with Crippen LogP contribution in [0, 0.1) is 5.92 Å². The summed E-state index contributed by atoms with van der Waals surface area (Å²) < 4.78 is 3.73. The second-order valence-electron chi connectivity index (χ2n) is 9.70. The minimum absolute atomic E-state index is 0.0645. The van der Waals surface area contributed by atoms with Crippen LogP contribution in [0.2, 0.25) is 5.02 Å². The van der Waals surface area contributed by atoms with E-state index in [1.54, 1.807) is 10.8 Å². The average Bonchev–Trinajstić information content (AvgIpc) is 3.37. The van der Waals surface area contributed by atoms with Gasteiger partial charge < -0.3 is 4.79 Å². The van der Waals surface area contributed by atoms with E-state index in [4.69, 9.17) is 11.6 Å². The van der Waals surface area contributed by atoms with Crippen molar-refractivity contribution in [3.63, 3.8) is 0 Å². The molecule has 0 spiro atoms. The number of nitrogens with zero attached hydrogens (tertiary/aromatic N) is 4. The highest BCUT2D eigenvalue weighted by Gasteiger charge is 2.26. The van der Waals surface area contributed by atoms with Crippen molar-refractivity contribution in [3.05, 3.63) is 105 Å².